The van der Waals surface area contributed by atoms with Crippen molar-refractivity contribution in [1.82, 2.24) is 0 Å². The molecule has 4 heteroatoms. The molecule has 2 rings (SSSR count). The molecule has 78 valence electrons. The Morgan fingerprint density at radius 1 is 1.13 bits per heavy atom. The van der Waals surface area contributed by atoms with Gasteiger partial charge < -0.3 is 9.47 Å². The fraction of sp³-hybridized carbons (Fsp3) is 0.273. The van der Waals surface area contributed by atoms with Crippen molar-refractivity contribution in [3.05, 3.63) is 29.5 Å². The fourth-order valence-electron chi connectivity index (χ4n) is 1.51. The van der Waals surface area contributed by atoms with Gasteiger partial charge in [0.15, 0.2) is 11.5 Å². The molecule has 1 aromatic rings. The maximum atomic E-state index is 5.22. The molecule has 1 aromatic carbocycles. The Morgan fingerprint density at radius 3 is 2.60 bits per heavy atom. The zero-order valence-corrected chi connectivity index (χ0v) is 8.73. The molecule has 0 saturated carbocycles. The van der Waals surface area contributed by atoms with Crippen LogP contribution in [0.2, 0.25) is 0 Å². The van der Waals surface area contributed by atoms with Crippen LogP contribution in [0.15, 0.2) is 28.6 Å². The largest absolute Gasteiger partial charge is 0.493 e. The molecule has 0 fully saturated rings. The minimum atomic E-state index is 0.572. The van der Waals surface area contributed by atoms with E-state index in [4.69, 9.17) is 9.47 Å². The van der Waals surface area contributed by atoms with E-state index in [9.17, 15) is 0 Å². The van der Waals surface area contributed by atoms with Crippen molar-refractivity contribution >= 4 is 6.08 Å². The summed E-state index contributed by atoms with van der Waals surface area (Å²) in [5.41, 5.74) is 2.16. The predicted molar refractivity (Wildman–Crippen MR) is 57.1 cm³/mol. The summed E-state index contributed by atoms with van der Waals surface area (Å²) in [7, 11) is 3.25. The van der Waals surface area contributed by atoms with Crippen molar-refractivity contribution in [2.45, 2.75) is 6.54 Å². The van der Waals surface area contributed by atoms with Crippen LogP contribution in [0, 0.1) is 0 Å². The number of ether oxygens (including phenoxy) is 2. The summed E-state index contributed by atoms with van der Waals surface area (Å²) in [4.78, 5) is 0. The highest BCUT2D eigenvalue weighted by Gasteiger charge is 2.10. The summed E-state index contributed by atoms with van der Waals surface area (Å²) in [6.07, 6.45) is 3.59. The van der Waals surface area contributed by atoms with Crippen LogP contribution >= 0.6 is 0 Å². The average molecular weight is 204 g/mol. The van der Waals surface area contributed by atoms with Crippen LogP contribution < -0.4 is 9.47 Å². The van der Waals surface area contributed by atoms with E-state index in [-0.39, 0.29) is 0 Å². The van der Waals surface area contributed by atoms with Gasteiger partial charge in [-0.25, -0.2) is 0 Å². The lowest BCUT2D eigenvalue weighted by Crippen LogP contribution is -1.94. The molecule has 1 aliphatic rings. The Morgan fingerprint density at radius 2 is 1.87 bits per heavy atom. The molecular formula is C11H12N2O2. The van der Waals surface area contributed by atoms with Gasteiger partial charge >= 0.3 is 0 Å². The average Bonchev–Trinajstić information content (AvgIpc) is 2.51. The second-order valence-corrected chi connectivity index (χ2v) is 3.14. The number of nitrogens with zero attached hydrogens (tertiary/aromatic N) is 2. The van der Waals surface area contributed by atoms with E-state index in [1.165, 1.54) is 0 Å². The van der Waals surface area contributed by atoms with Gasteiger partial charge in [0.05, 0.1) is 20.8 Å². The first-order valence-electron chi connectivity index (χ1n) is 4.63. The van der Waals surface area contributed by atoms with E-state index in [1.807, 2.05) is 18.2 Å². The zero-order valence-electron chi connectivity index (χ0n) is 8.73. The van der Waals surface area contributed by atoms with Crippen LogP contribution in [0.5, 0.6) is 11.5 Å². The second kappa shape index (κ2) is 4.13. The molecular weight excluding hydrogens is 192 g/mol. The van der Waals surface area contributed by atoms with Crippen molar-refractivity contribution in [1.29, 1.82) is 0 Å². The standard InChI is InChI=1S/C11H12N2O2/c1-14-10-5-8-3-4-12-13-7-9(8)6-11(10)15-2/h3-6H,7H2,1-2H3. The molecule has 4 nitrogen and oxygen atoms in total. The number of methoxy groups -OCH3 is 2. The first-order valence-corrected chi connectivity index (χ1v) is 4.63. The Hall–Kier alpha value is -1.84. The zero-order chi connectivity index (χ0) is 10.7. The van der Waals surface area contributed by atoms with E-state index in [1.54, 1.807) is 20.4 Å². The van der Waals surface area contributed by atoms with Crippen molar-refractivity contribution in [2.24, 2.45) is 10.2 Å². The van der Waals surface area contributed by atoms with Crippen LogP contribution in [-0.4, -0.2) is 14.2 Å². The number of rotatable bonds is 2. The Balaban J connectivity index is 2.52. The molecule has 0 atom stereocenters. The second-order valence-electron chi connectivity index (χ2n) is 3.14. The number of hydrogen-bond donors (Lipinski definition) is 0. The molecule has 0 N–H and O–H groups in total. The van der Waals surface area contributed by atoms with Crippen molar-refractivity contribution in [3.8, 4) is 11.5 Å². The molecule has 0 aliphatic carbocycles. The molecule has 15 heavy (non-hydrogen) atoms. The van der Waals surface area contributed by atoms with Crippen LogP contribution in [0.1, 0.15) is 11.1 Å². The molecule has 0 spiro atoms. The van der Waals surface area contributed by atoms with Gasteiger partial charge in [0.25, 0.3) is 0 Å². The highest BCUT2D eigenvalue weighted by atomic mass is 16.5. The van der Waals surface area contributed by atoms with E-state index in [0.717, 1.165) is 22.6 Å². The first-order chi connectivity index (χ1) is 7.35. The summed E-state index contributed by atoms with van der Waals surface area (Å²) in [5, 5.41) is 7.84. The molecule has 1 heterocycles. The Labute approximate surface area is 88.2 Å². The monoisotopic (exact) mass is 204 g/mol. The predicted octanol–water partition coefficient (Wildman–Crippen LogP) is 2.64. The van der Waals surface area contributed by atoms with Gasteiger partial charge in [-0.05, 0) is 29.3 Å². The van der Waals surface area contributed by atoms with Crippen molar-refractivity contribution in [2.75, 3.05) is 14.2 Å². The fourth-order valence-corrected chi connectivity index (χ4v) is 1.51. The van der Waals surface area contributed by atoms with E-state index < -0.39 is 0 Å². The molecule has 1 aliphatic heterocycles. The van der Waals surface area contributed by atoms with Gasteiger partial charge in [0, 0.05) is 6.20 Å². The molecule has 0 bridgehead atoms. The highest BCUT2D eigenvalue weighted by molar-refractivity contribution is 5.60. The quantitative estimate of drug-likeness (QED) is 0.743. The number of hydrogen-bond acceptors (Lipinski definition) is 4. The Bertz CT molecular complexity index is 425. The van der Waals surface area contributed by atoms with E-state index in [0.29, 0.717) is 6.54 Å². The summed E-state index contributed by atoms with van der Waals surface area (Å²) < 4.78 is 10.4. The maximum Gasteiger partial charge on any atom is 0.161 e. The van der Waals surface area contributed by atoms with Crippen LogP contribution in [0.4, 0.5) is 0 Å². The summed E-state index contributed by atoms with van der Waals surface area (Å²) >= 11 is 0. The first kappa shape index (κ1) is 9.71. The Kier molecular flexibility index (Phi) is 2.67. The molecule has 0 saturated heterocycles. The highest BCUT2D eigenvalue weighted by Crippen LogP contribution is 2.32. The van der Waals surface area contributed by atoms with Gasteiger partial charge in [0.1, 0.15) is 0 Å². The maximum absolute atomic E-state index is 5.22. The lowest BCUT2D eigenvalue weighted by molar-refractivity contribution is 0.354. The number of benzene rings is 1. The normalized spacial score (nSPS) is 13.2. The molecule has 0 radical (unpaired) electrons. The minimum absolute atomic E-state index is 0.572. The van der Waals surface area contributed by atoms with E-state index in [2.05, 4.69) is 10.2 Å². The van der Waals surface area contributed by atoms with Gasteiger partial charge in [-0.2, -0.15) is 10.2 Å². The summed E-state index contributed by atoms with van der Waals surface area (Å²) in [6, 6.07) is 3.86. The molecule has 0 amide bonds. The summed E-state index contributed by atoms with van der Waals surface area (Å²) in [5.74, 6) is 1.45. The number of azo groups is 1. The molecule has 0 unspecified atom stereocenters. The van der Waals surface area contributed by atoms with Crippen LogP contribution in [0.25, 0.3) is 6.08 Å². The summed E-state index contributed by atoms with van der Waals surface area (Å²) in [6.45, 7) is 0.572. The van der Waals surface area contributed by atoms with Crippen LogP contribution in [-0.2, 0) is 6.54 Å². The third-order valence-corrected chi connectivity index (χ3v) is 2.29. The lowest BCUT2D eigenvalue weighted by Gasteiger charge is -2.10. The smallest absolute Gasteiger partial charge is 0.161 e. The SMILES string of the molecule is COc1cc2c(cc1OC)CN=NC=C2. The minimum Gasteiger partial charge on any atom is -0.493 e. The van der Waals surface area contributed by atoms with Gasteiger partial charge in [-0.1, -0.05) is 0 Å². The van der Waals surface area contributed by atoms with E-state index >= 15 is 0 Å². The molecule has 0 aromatic heterocycles. The van der Waals surface area contributed by atoms with Gasteiger partial charge in [0.2, 0.25) is 0 Å². The lowest BCUT2D eigenvalue weighted by atomic mass is 10.1. The number of fused-ring (bicyclic) bond motifs is 1. The van der Waals surface area contributed by atoms with Crippen LogP contribution in [0.3, 0.4) is 0 Å². The third-order valence-electron chi connectivity index (χ3n) is 2.29. The van der Waals surface area contributed by atoms with Crippen molar-refractivity contribution < 1.29 is 9.47 Å². The third kappa shape index (κ3) is 1.83. The van der Waals surface area contributed by atoms with Gasteiger partial charge in [-0.15, -0.1) is 0 Å². The van der Waals surface area contributed by atoms with Crippen molar-refractivity contribution in [3.63, 3.8) is 0 Å². The van der Waals surface area contributed by atoms with Gasteiger partial charge in [-0.3, -0.25) is 0 Å². The topological polar surface area (TPSA) is 43.2 Å².